The standard InChI is InChI=1S/C19H13ClN4S/c20-13-5-7-14(8-6-13)22-18-16-3-1-2-4-17(16)19(24-23-18)25-15-9-11-21-12-10-15/h1-12H,(H,22,23). The van der Waals surface area contributed by atoms with E-state index < -0.39 is 0 Å². The Morgan fingerprint density at radius 3 is 2.28 bits per heavy atom. The number of nitrogens with one attached hydrogen (secondary N) is 1. The summed E-state index contributed by atoms with van der Waals surface area (Å²) < 4.78 is 0. The summed E-state index contributed by atoms with van der Waals surface area (Å²) in [6.45, 7) is 0. The Balaban J connectivity index is 1.72. The zero-order valence-electron chi connectivity index (χ0n) is 13.1. The van der Waals surface area contributed by atoms with Crippen molar-refractivity contribution in [2.75, 3.05) is 5.32 Å². The summed E-state index contributed by atoms with van der Waals surface area (Å²) in [5.41, 5.74) is 0.915. The predicted octanol–water partition coefficient (Wildman–Crippen LogP) is 5.57. The van der Waals surface area contributed by atoms with Gasteiger partial charge in [0, 0.05) is 38.8 Å². The molecule has 0 spiro atoms. The summed E-state index contributed by atoms with van der Waals surface area (Å²) in [5, 5.41) is 15.8. The maximum Gasteiger partial charge on any atom is 0.161 e. The normalized spacial score (nSPS) is 10.8. The molecule has 2 aromatic carbocycles. The van der Waals surface area contributed by atoms with Gasteiger partial charge >= 0.3 is 0 Å². The smallest absolute Gasteiger partial charge is 0.161 e. The maximum atomic E-state index is 5.94. The molecular formula is C19H13ClN4S. The van der Waals surface area contributed by atoms with Crippen LogP contribution in [-0.4, -0.2) is 15.2 Å². The highest BCUT2D eigenvalue weighted by Gasteiger charge is 2.10. The first kappa shape index (κ1) is 15.9. The minimum Gasteiger partial charge on any atom is -0.338 e. The highest BCUT2D eigenvalue weighted by molar-refractivity contribution is 7.99. The van der Waals surface area contributed by atoms with Crippen LogP contribution in [0.1, 0.15) is 0 Å². The first-order chi connectivity index (χ1) is 12.3. The molecule has 0 aliphatic heterocycles. The molecule has 0 fully saturated rings. The third kappa shape index (κ3) is 3.57. The molecule has 1 N–H and O–H groups in total. The lowest BCUT2D eigenvalue weighted by atomic mass is 10.2. The van der Waals surface area contributed by atoms with Gasteiger partial charge < -0.3 is 5.32 Å². The molecule has 0 unspecified atom stereocenters. The number of hydrogen-bond donors (Lipinski definition) is 1. The fraction of sp³-hybridized carbons (Fsp3) is 0. The van der Waals surface area contributed by atoms with Crippen LogP contribution in [-0.2, 0) is 0 Å². The van der Waals surface area contributed by atoms with E-state index in [2.05, 4.69) is 26.6 Å². The van der Waals surface area contributed by atoms with Crippen LogP contribution >= 0.6 is 23.4 Å². The third-order valence-electron chi connectivity index (χ3n) is 3.62. The van der Waals surface area contributed by atoms with Crippen molar-refractivity contribution >= 4 is 45.6 Å². The van der Waals surface area contributed by atoms with Crippen molar-refractivity contribution in [3.63, 3.8) is 0 Å². The largest absolute Gasteiger partial charge is 0.338 e. The molecule has 0 aliphatic carbocycles. The third-order valence-corrected chi connectivity index (χ3v) is 4.88. The molecule has 0 saturated heterocycles. The Labute approximate surface area is 154 Å². The SMILES string of the molecule is Clc1ccc(Nc2nnc(Sc3ccncc3)c3ccccc23)cc1. The lowest BCUT2D eigenvalue weighted by Gasteiger charge is -2.11. The minimum atomic E-state index is 0.700. The van der Waals surface area contributed by atoms with Crippen LogP contribution in [0.25, 0.3) is 10.8 Å². The summed E-state index contributed by atoms with van der Waals surface area (Å²) in [4.78, 5) is 5.12. The molecule has 25 heavy (non-hydrogen) atoms. The molecule has 0 radical (unpaired) electrons. The van der Waals surface area contributed by atoms with Crippen LogP contribution in [0.15, 0.2) is 83.0 Å². The van der Waals surface area contributed by atoms with E-state index in [0.717, 1.165) is 32.2 Å². The summed E-state index contributed by atoms with van der Waals surface area (Å²) >= 11 is 7.52. The van der Waals surface area contributed by atoms with Gasteiger partial charge in [-0.1, -0.05) is 47.6 Å². The highest BCUT2D eigenvalue weighted by atomic mass is 35.5. The first-order valence-corrected chi connectivity index (χ1v) is 8.85. The van der Waals surface area contributed by atoms with Gasteiger partial charge in [-0.3, -0.25) is 4.98 Å². The molecule has 6 heteroatoms. The number of fused-ring (bicyclic) bond motifs is 1. The topological polar surface area (TPSA) is 50.7 Å². The van der Waals surface area contributed by atoms with Crippen molar-refractivity contribution in [3.8, 4) is 0 Å². The van der Waals surface area contributed by atoms with Gasteiger partial charge in [0.05, 0.1) is 0 Å². The highest BCUT2D eigenvalue weighted by Crippen LogP contribution is 2.34. The Hall–Kier alpha value is -2.63. The minimum absolute atomic E-state index is 0.700. The Morgan fingerprint density at radius 1 is 0.800 bits per heavy atom. The number of rotatable bonds is 4. The van der Waals surface area contributed by atoms with E-state index in [1.54, 1.807) is 24.2 Å². The van der Waals surface area contributed by atoms with Gasteiger partial charge in [-0.15, -0.1) is 10.2 Å². The lowest BCUT2D eigenvalue weighted by molar-refractivity contribution is 0.960. The second-order valence-corrected chi connectivity index (χ2v) is 6.81. The van der Waals surface area contributed by atoms with E-state index in [0.29, 0.717) is 5.02 Å². The van der Waals surface area contributed by atoms with E-state index >= 15 is 0 Å². The van der Waals surface area contributed by atoms with E-state index in [9.17, 15) is 0 Å². The van der Waals surface area contributed by atoms with Crippen LogP contribution in [0.4, 0.5) is 11.5 Å². The number of halogens is 1. The number of benzene rings is 2. The summed E-state index contributed by atoms with van der Waals surface area (Å²) in [5.74, 6) is 0.719. The van der Waals surface area contributed by atoms with E-state index in [1.807, 2.05) is 54.6 Å². The molecule has 2 heterocycles. The van der Waals surface area contributed by atoms with E-state index in [4.69, 9.17) is 11.6 Å². The van der Waals surface area contributed by atoms with Gasteiger partial charge in [0.2, 0.25) is 0 Å². The number of aromatic nitrogens is 3. The zero-order chi connectivity index (χ0) is 17.1. The zero-order valence-corrected chi connectivity index (χ0v) is 14.6. The number of pyridine rings is 1. The summed E-state index contributed by atoms with van der Waals surface area (Å²) in [6, 6.07) is 19.5. The van der Waals surface area contributed by atoms with Gasteiger partial charge in [0.1, 0.15) is 5.03 Å². The maximum absolute atomic E-state index is 5.94. The molecule has 4 aromatic rings. The average Bonchev–Trinajstić information content (AvgIpc) is 2.66. The van der Waals surface area contributed by atoms with Crippen LogP contribution in [0.2, 0.25) is 5.02 Å². The van der Waals surface area contributed by atoms with Crippen molar-refractivity contribution in [3.05, 3.63) is 78.1 Å². The fourth-order valence-electron chi connectivity index (χ4n) is 2.43. The molecule has 122 valence electrons. The van der Waals surface area contributed by atoms with Crippen LogP contribution in [0.5, 0.6) is 0 Å². The van der Waals surface area contributed by atoms with Gasteiger partial charge in [-0.25, -0.2) is 0 Å². The van der Waals surface area contributed by atoms with Crippen LogP contribution in [0, 0.1) is 0 Å². The molecule has 4 nitrogen and oxygen atoms in total. The second kappa shape index (κ2) is 7.09. The second-order valence-electron chi connectivity index (χ2n) is 5.32. The molecule has 0 amide bonds. The molecule has 0 aliphatic rings. The Kier molecular flexibility index (Phi) is 4.50. The first-order valence-electron chi connectivity index (χ1n) is 7.65. The molecule has 0 atom stereocenters. The monoisotopic (exact) mass is 364 g/mol. The average molecular weight is 365 g/mol. The quantitative estimate of drug-likeness (QED) is 0.512. The molecule has 2 aromatic heterocycles. The van der Waals surface area contributed by atoms with Crippen molar-refractivity contribution in [1.29, 1.82) is 0 Å². The summed E-state index contributed by atoms with van der Waals surface area (Å²) in [7, 11) is 0. The number of anilines is 2. The fourth-order valence-corrected chi connectivity index (χ4v) is 3.41. The van der Waals surface area contributed by atoms with Crippen LogP contribution in [0.3, 0.4) is 0 Å². The molecular weight excluding hydrogens is 352 g/mol. The van der Waals surface area contributed by atoms with Gasteiger partial charge in [0.25, 0.3) is 0 Å². The predicted molar refractivity (Wildman–Crippen MR) is 103 cm³/mol. The van der Waals surface area contributed by atoms with Crippen LogP contribution < -0.4 is 5.32 Å². The van der Waals surface area contributed by atoms with E-state index in [-0.39, 0.29) is 0 Å². The molecule has 0 bridgehead atoms. The van der Waals surface area contributed by atoms with Gasteiger partial charge in [0.15, 0.2) is 5.82 Å². The van der Waals surface area contributed by atoms with Gasteiger partial charge in [-0.2, -0.15) is 0 Å². The lowest BCUT2D eigenvalue weighted by Crippen LogP contribution is -1.98. The van der Waals surface area contributed by atoms with Crippen molar-refractivity contribution in [1.82, 2.24) is 15.2 Å². The summed E-state index contributed by atoms with van der Waals surface area (Å²) in [6.07, 6.45) is 3.54. The van der Waals surface area contributed by atoms with Crippen molar-refractivity contribution in [2.24, 2.45) is 0 Å². The van der Waals surface area contributed by atoms with Crippen molar-refractivity contribution < 1.29 is 0 Å². The Bertz CT molecular complexity index is 1010. The van der Waals surface area contributed by atoms with E-state index in [1.165, 1.54) is 0 Å². The number of nitrogens with zero attached hydrogens (tertiary/aromatic N) is 3. The molecule has 4 rings (SSSR count). The van der Waals surface area contributed by atoms with Gasteiger partial charge in [-0.05, 0) is 36.4 Å². The Morgan fingerprint density at radius 2 is 1.52 bits per heavy atom. The number of hydrogen-bond acceptors (Lipinski definition) is 5. The molecule has 0 saturated carbocycles. The van der Waals surface area contributed by atoms with Crippen molar-refractivity contribution in [2.45, 2.75) is 9.92 Å².